The molecule has 7 nitrogen and oxygen atoms in total. The van der Waals surface area contributed by atoms with Crippen molar-refractivity contribution >= 4 is 10.0 Å². The van der Waals surface area contributed by atoms with Crippen molar-refractivity contribution in [2.24, 2.45) is 7.05 Å². The van der Waals surface area contributed by atoms with Crippen LogP contribution in [0.3, 0.4) is 0 Å². The molecule has 2 rings (SSSR count). The van der Waals surface area contributed by atoms with Crippen LogP contribution in [0.15, 0.2) is 28.0 Å². The third-order valence-electron chi connectivity index (χ3n) is 3.10. The number of aliphatic hydroxyl groups excluding tert-OH is 1. The number of aryl methyl sites for hydroxylation is 3. The zero-order valence-corrected chi connectivity index (χ0v) is 13.0. The number of nitrogens with one attached hydrogen (secondary N) is 1. The fraction of sp³-hybridized carbons (Fsp3) is 0.462. The summed E-state index contributed by atoms with van der Waals surface area (Å²) in [6.45, 7) is 3.68. The minimum absolute atomic E-state index is 0.0326. The Morgan fingerprint density at radius 1 is 1.48 bits per heavy atom. The minimum Gasteiger partial charge on any atom is -0.466 e. The van der Waals surface area contributed by atoms with E-state index in [4.69, 9.17) is 4.42 Å². The van der Waals surface area contributed by atoms with Crippen LogP contribution in [0.4, 0.5) is 0 Å². The summed E-state index contributed by atoms with van der Waals surface area (Å²) in [6, 6.07) is 1.76. The van der Waals surface area contributed by atoms with Gasteiger partial charge in [0.05, 0.1) is 12.4 Å². The molecule has 0 saturated carbocycles. The molecule has 0 aromatic carbocycles. The molecule has 2 aromatic heterocycles. The lowest BCUT2D eigenvalue weighted by atomic mass is 10.1. The van der Waals surface area contributed by atoms with Gasteiger partial charge in [-0.05, 0) is 26.3 Å². The summed E-state index contributed by atoms with van der Waals surface area (Å²) >= 11 is 0. The van der Waals surface area contributed by atoms with Gasteiger partial charge in [-0.15, -0.1) is 0 Å². The van der Waals surface area contributed by atoms with E-state index in [1.807, 2.05) is 0 Å². The average Bonchev–Trinajstić information content (AvgIpc) is 2.95. The Kier molecular flexibility index (Phi) is 4.50. The average molecular weight is 313 g/mol. The number of furan rings is 1. The van der Waals surface area contributed by atoms with Crippen molar-refractivity contribution in [3.05, 3.63) is 35.7 Å². The molecule has 116 valence electrons. The summed E-state index contributed by atoms with van der Waals surface area (Å²) in [7, 11) is -1.94. The normalized spacial score (nSPS) is 13.5. The standard InChI is InChI=1S/C13H19N3O4S/c1-9-6-11(10(2)20-9)12(17)4-5-15-21(18,19)13-7-16(3)8-14-13/h6-8,12,15,17H,4-5H2,1-3H3/t12-/m0/s1. The number of nitrogens with zero attached hydrogens (tertiary/aromatic N) is 2. The first kappa shape index (κ1) is 15.7. The molecule has 0 unspecified atom stereocenters. The van der Waals surface area contributed by atoms with Crippen LogP contribution in [0.1, 0.15) is 29.6 Å². The molecule has 2 aromatic rings. The molecular weight excluding hydrogens is 294 g/mol. The van der Waals surface area contributed by atoms with E-state index in [1.54, 1.807) is 31.5 Å². The minimum atomic E-state index is -3.64. The molecular formula is C13H19N3O4S. The lowest BCUT2D eigenvalue weighted by Crippen LogP contribution is -2.26. The quantitative estimate of drug-likeness (QED) is 0.830. The molecule has 0 radical (unpaired) electrons. The van der Waals surface area contributed by atoms with E-state index < -0.39 is 16.1 Å². The van der Waals surface area contributed by atoms with Crippen molar-refractivity contribution < 1.29 is 17.9 Å². The Morgan fingerprint density at radius 3 is 2.71 bits per heavy atom. The number of hydrogen-bond donors (Lipinski definition) is 2. The first-order valence-electron chi connectivity index (χ1n) is 6.52. The Morgan fingerprint density at radius 2 is 2.19 bits per heavy atom. The predicted octanol–water partition coefficient (Wildman–Crippen LogP) is 1.03. The van der Waals surface area contributed by atoms with Crippen LogP contribution in [0, 0.1) is 13.8 Å². The van der Waals surface area contributed by atoms with Crippen LogP contribution in [0.25, 0.3) is 0 Å². The molecule has 0 saturated heterocycles. The summed E-state index contributed by atoms with van der Waals surface area (Å²) in [5.74, 6) is 1.36. The molecule has 0 aliphatic rings. The summed E-state index contributed by atoms with van der Waals surface area (Å²) in [4.78, 5) is 3.80. The van der Waals surface area contributed by atoms with Crippen LogP contribution < -0.4 is 4.72 Å². The second-order valence-corrected chi connectivity index (χ2v) is 6.66. The maximum atomic E-state index is 11.9. The van der Waals surface area contributed by atoms with Crippen molar-refractivity contribution in [1.82, 2.24) is 14.3 Å². The largest absolute Gasteiger partial charge is 0.466 e. The van der Waals surface area contributed by atoms with Crippen molar-refractivity contribution in [2.45, 2.75) is 31.4 Å². The number of rotatable bonds is 6. The predicted molar refractivity (Wildman–Crippen MR) is 76.2 cm³/mol. The van der Waals surface area contributed by atoms with Gasteiger partial charge in [0.15, 0.2) is 5.03 Å². The van der Waals surface area contributed by atoms with Crippen LogP contribution in [-0.2, 0) is 17.1 Å². The van der Waals surface area contributed by atoms with E-state index >= 15 is 0 Å². The fourth-order valence-electron chi connectivity index (χ4n) is 2.07. The highest BCUT2D eigenvalue weighted by Gasteiger charge is 2.19. The monoisotopic (exact) mass is 313 g/mol. The Labute approximate surface area is 123 Å². The van der Waals surface area contributed by atoms with Crippen LogP contribution in [-0.4, -0.2) is 29.6 Å². The number of sulfonamides is 1. The van der Waals surface area contributed by atoms with Crippen molar-refractivity contribution in [2.75, 3.05) is 6.54 Å². The van der Waals surface area contributed by atoms with Crippen molar-refractivity contribution in [1.29, 1.82) is 0 Å². The summed E-state index contributed by atoms with van der Waals surface area (Å²) < 4.78 is 33.2. The lowest BCUT2D eigenvalue weighted by molar-refractivity contribution is 0.167. The Balaban J connectivity index is 1.93. The number of aliphatic hydroxyl groups is 1. The zero-order chi connectivity index (χ0) is 15.6. The maximum Gasteiger partial charge on any atom is 0.259 e. The Hall–Kier alpha value is -1.64. The van der Waals surface area contributed by atoms with Crippen molar-refractivity contribution in [3.8, 4) is 0 Å². The smallest absolute Gasteiger partial charge is 0.259 e. The van der Waals surface area contributed by atoms with Gasteiger partial charge in [-0.1, -0.05) is 0 Å². The summed E-state index contributed by atoms with van der Waals surface area (Å²) in [5, 5.41) is 10.0. The maximum absolute atomic E-state index is 11.9. The Bertz CT molecular complexity index is 718. The molecule has 0 aliphatic carbocycles. The highest BCUT2D eigenvalue weighted by molar-refractivity contribution is 7.89. The highest BCUT2D eigenvalue weighted by Crippen LogP contribution is 2.23. The highest BCUT2D eigenvalue weighted by atomic mass is 32.2. The molecule has 0 aliphatic heterocycles. The van der Waals surface area contributed by atoms with Crippen molar-refractivity contribution in [3.63, 3.8) is 0 Å². The van der Waals surface area contributed by atoms with E-state index in [-0.39, 0.29) is 18.0 Å². The van der Waals surface area contributed by atoms with Gasteiger partial charge in [0, 0.05) is 25.4 Å². The summed E-state index contributed by atoms with van der Waals surface area (Å²) in [6.07, 6.45) is 2.32. The lowest BCUT2D eigenvalue weighted by Gasteiger charge is -2.10. The van der Waals surface area contributed by atoms with Gasteiger partial charge in [0.1, 0.15) is 11.5 Å². The van der Waals surface area contributed by atoms with Gasteiger partial charge in [-0.3, -0.25) is 0 Å². The van der Waals surface area contributed by atoms with Gasteiger partial charge in [-0.2, -0.15) is 0 Å². The molecule has 0 bridgehead atoms. The molecule has 1 atom stereocenters. The third-order valence-corrected chi connectivity index (χ3v) is 4.45. The van der Waals surface area contributed by atoms with Crippen LogP contribution >= 0.6 is 0 Å². The number of hydrogen-bond acceptors (Lipinski definition) is 5. The zero-order valence-electron chi connectivity index (χ0n) is 12.2. The first-order chi connectivity index (χ1) is 9.79. The topological polar surface area (TPSA) is 97.4 Å². The van der Waals surface area contributed by atoms with Crippen LogP contribution in [0.2, 0.25) is 0 Å². The van der Waals surface area contributed by atoms with E-state index in [0.29, 0.717) is 11.3 Å². The SMILES string of the molecule is Cc1cc([C@@H](O)CCNS(=O)(=O)c2cn(C)cn2)c(C)o1. The first-order valence-corrected chi connectivity index (χ1v) is 8.00. The fourth-order valence-corrected chi connectivity index (χ4v) is 3.09. The molecule has 8 heteroatoms. The van der Waals surface area contributed by atoms with Gasteiger partial charge in [0.2, 0.25) is 0 Å². The van der Waals surface area contributed by atoms with Gasteiger partial charge >= 0.3 is 0 Å². The summed E-state index contributed by atoms with van der Waals surface area (Å²) in [5.41, 5.74) is 0.685. The number of aromatic nitrogens is 2. The molecule has 21 heavy (non-hydrogen) atoms. The van der Waals surface area contributed by atoms with Crippen LogP contribution in [0.5, 0.6) is 0 Å². The van der Waals surface area contributed by atoms with Gasteiger partial charge < -0.3 is 14.1 Å². The van der Waals surface area contributed by atoms with E-state index in [2.05, 4.69) is 9.71 Å². The third kappa shape index (κ3) is 3.72. The van der Waals surface area contributed by atoms with Gasteiger partial charge in [0.25, 0.3) is 10.0 Å². The second-order valence-electron chi connectivity index (χ2n) is 4.95. The van der Waals surface area contributed by atoms with Gasteiger partial charge in [-0.25, -0.2) is 18.1 Å². The van der Waals surface area contributed by atoms with E-state index in [9.17, 15) is 13.5 Å². The molecule has 0 amide bonds. The van der Waals surface area contributed by atoms with E-state index in [1.165, 1.54) is 12.5 Å². The number of imidazole rings is 1. The molecule has 2 heterocycles. The second kappa shape index (κ2) is 6.00. The molecule has 0 fully saturated rings. The van der Waals surface area contributed by atoms with E-state index in [0.717, 1.165) is 5.76 Å². The molecule has 2 N–H and O–H groups in total. The molecule has 0 spiro atoms.